The molecular weight excluding hydrogens is 256 g/mol. The van der Waals surface area contributed by atoms with Gasteiger partial charge in [0.2, 0.25) is 0 Å². The Morgan fingerprint density at radius 2 is 2.10 bits per heavy atom. The third-order valence-corrected chi connectivity index (χ3v) is 2.84. The van der Waals surface area contributed by atoms with Crippen molar-refractivity contribution in [2.75, 3.05) is 14.2 Å². The molecule has 2 rings (SSSR count). The number of rotatable bonds is 5. The molecule has 1 heterocycles. The van der Waals surface area contributed by atoms with Crippen LogP contribution < -0.4 is 9.47 Å². The number of aromatic nitrogens is 2. The third kappa shape index (κ3) is 2.88. The Morgan fingerprint density at radius 3 is 2.70 bits per heavy atom. The first kappa shape index (κ1) is 13.9. The van der Waals surface area contributed by atoms with Gasteiger partial charge in [-0.3, -0.25) is 9.48 Å². The second-order valence-corrected chi connectivity index (χ2v) is 4.18. The van der Waals surface area contributed by atoms with E-state index in [2.05, 4.69) is 5.10 Å². The van der Waals surface area contributed by atoms with Crippen LogP contribution in [0.1, 0.15) is 15.9 Å². The lowest BCUT2D eigenvalue weighted by Crippen LogP contribution is -1.94. The van der Waals surface area contributed by atoms with E-state index in [0.29, 0.717) is 17.1 Å². The number of benzene rings is 1. The van der Waals surface area contributed by atoms with Crippen LogP contribution in [0.15, 0.2) is 36.7 Å². The van der Waals surface area contributed by atoms with Crippen LogP contribution in [-0.4, -0.2) is 29.8 Å². The second kappa shape index (κ2) is 6.06. The molecule has 20 heavy (non-hydrogen) atoms. The van der Waals surface area contributed by atoms with Crippen molar-refractivity contribution < 1.29 is 14.3 Å². The Bertz CT molecular complexity index is 644. The average Bonchev–Trinajstić information content (AvgIpc) is 2.90. The van der Waals surface area contributed by atoms with Crippen molar-refractivity contribution in [2.24, 2.45) is 7.05 Å². The molecule has 0 saturated carbocycles. The van der Waals surface area contributed by atoms with Gasteiger partial charge in [0.1, 0.15) is 0 Å². The molecule has 0 saturated heterocycles. The summed E-state index contributed by atoms with van der Waals surface area (Å²) in [4.78, 5) is 12.0. The minimum Gasteiger partial charge on any atom is -0.493 e. The number of carbonyl (C=O) groups is 1. The number of hydrogen-bond donors (Lipinski definition) is 0. The molecule has 5 heteroatoms. The molecule has 5 nitrogen and oxygen atoms in total. The summed E-state index contributed by atoms with van der Waals surface area (Å²) in [6, 6.07) is 5.50. The summed E-state index contributed by atoms with van der Waals surface area (Å²) in [7, 11) is 4.91. The third-order valence-electron chi connectivity index (χ3n) is 2.84. The van der Waals surface area contributed by atoms with Crippen LogP contribution in [0, 0.1) is 0 Å². The SMILES string of the molecule is COc1cccc(/C=C/C(=O)c2cnn(C)c2)c1OC. The molecule has 2 aromatic rings. The summed E-state index contributed by atoms with van der Waals surface area (Å²) in [6.45, 7) is 0. The molecule has 104 valence electrons. The highest BCUT2D eigenvalue weighted by Crippen LogP contribution is 2.31. The first-order valence-corrected chi connectivity index (χ1v) is 6.07. The van der Waals surface area contributed by atoms with Crippen LogP contribution >= 0.6 is 0 Å². The lowest BCUT2D eigenvalue weighted by Gasteiger charge is -2.09. The normalized spacial score (nSPS) is 10.8. The molecule has 0 fully saturated rings. The van der Waals surface area contributed by atoms with Crippen molar-refractivity contribution in [1.82, 2.24) is 9.78 Å². The van der Waals surface area contributed by atoms with Crippen molar-refractivity contribution in [3.05, 3.63) is 47.8 Å². The summed E-state index contributed by atoms with van der Waals surface area (Å²) < 4.78 is 12.1. The van der Waals surface area contributed by atoms with Crippen LogP contribution in [0.25, 0.3) is 6.08 Å². The predicted octanol–water partition coefficient (Wildman–Crippen LogP) is 2.33. The molecule has 0 amide bonds. The standard InChI is InChI=1S/C15H16N2O3/c1-17-10-12(9-16-17)13(18)8-7-11-5-4-6-14(19-2)15(11)20-3/h4-10H,1-3H3/b8-7+. The average molecular weight is 272 g/mol. The van der Waals surface area contributed by atoms with Gasteiger partial charge in [-0.15, -0.1) is 0 Å². The monoisotopic (exact) mass is 272 g/mol. The minimum atomic E-state index is -0.108. The van der Waals surface area contributed by atoms with Crippen molar-refractivity contribution in [2.45, 2.75) is 0 Å². The molecule has 0 aliphatic heterocycles. The largest absolute Gasteiger partial charge is 0.493 e. The highest BCUT2D eigenvalue weighted by molar-refractivity contribution is 6.06. The zero-order valence-electron chi connectivity index (χ0n) is 11.7. The van der Waals surface area contributed by atoms with Gasteiger partial charge in [-0.2, -0.15) is 5.10 Å². The van der Waals surface area contributed by atoms with E-state index in [-0.39, 0.29) is 5.78 Å². The van der Waals surface area contributed by atoms with Gasteiger partial charge >= 0.3 is 0 Å². The van der Waals surface area contributed by atoms with E-state index in [1.165, 1.54) is 12.3 Å². The molecule has 0 unspecified atom stereocenters. The van der Waals surface area contributed by atoms with Crippen molar-refractivity contribution in [3.63, 3.8) is 0 Å². The summed E-state index contributed by atoms with van der Waals surface area (Å²) >= 11 is 0. The molecule has 0 radical (unpaired) electrons. The van der Waals surface area contributed by atoms with Crippen LogP contribution in [0.4, 0.5) is 0 Å². The maximum atomic E-state index is 12.0. The summed E-state index contributed by atoms with van der Waals surface area (Å²) in [6.07, 6.45) is 6.41. The highest BCUT2D eigenvalue weighted by Gasteiger charge is 2.08. The molecule has 0 spiro atoms. The van der Waals surface area contributed by atoms with Gasteiger partial charge in [0.15, 0.2) is 17.3 Å². The van der Waals surface area contributed by atoms with E-state index in [9.17, 15) is 4.79 Å². The Kier molecular flexibility index (Phi) is 4.20. The molecular formula is C15H16N2O3. The van der Waals surface area contributed by atoms with Crippen LogP contribution in [0.5, 0.6) is 11.5 Å². The van der Waals surface area contributed by atoms with Gasteiger partial charge in [0.25, 0.3) is 0 Å². The van der Waals surface area contributed by atoms with Crippen LogP contribution in [0.2, 0.25) is 0 Å². The maximum absolute atomic E-state index is 12.0. The maximum Gasteiger partial charge on any atom is 0.189 e. The summed E-state index contributed by atoms with van der Waals surface area (Å²) in [5, 5.41) is 3.97. The molecule has 0 N–H and O–H groups in total. The van der Waals surface area contributed by atoms with Crippen molar-refractivity contribution in [3.8, 4) is 11.5 Å². The topological polar surface area (TPSA) is 53.3 Å². The van der Waals surface area contributed by atoms with Gasteiger partial charge in [-0.05, 0) is 18.2 Å². The van der Waals surface area contributed by atoms with Crippen molar-refractivity contribution in [1.29, 1.82) is 0 Å². The fraction of sp³-hybridized carbons (Fsp3) is 0.200. The molecule has 1 aromatic heterocycles. The molecule has 0 aliphatic rings. The Morgan fingerprint density at radius 1 is 1.30 bits per heavy atom. The fourth-order valence-electron chi connectivity index (χ4n) is 1.85. The number of ether oxygens (including phenoxy) is 2. The molecule has 0 bridgehead atoms. The second-order valence-electron chi connectivity index (χ2n) is 4.18. The van der Waals surface area contributed by atoms with E-state index in [1.54, 1.807) is 44.3 Å². The highest BCUT2D eigenvalue weighted by atomic mass is 16.5. The predicted molar refractivity (Wildman–Crippen MR) is 76.1 cm³/mol. The lowest BCUT2D eigenvalue weighted by molar-refractivity contribution is 0.104. The van der Waals surface area contributed by atoms with Gasteiger partial charge in [-0.25, -0.2) is 0 Å². The van der Waals surface area contributed by atoms with Crippen LogP contribution in [0.3, 0.4) is 0 Å². The van der Waals surface area contributed by atoms with E-state index in [0.717, 1.165) is 5.56 Å². The zero-order valence-corrected chi connectivity index (χ0v) is 11.7. The van der Waals surface area contributed by atoms with Gasteiger partial charge < -0.3 is 9.47 Å². The van der Waals surface area contributed by atoms with Crippen molar-refractivity contribution >= 4 is 11.9 Å². The summed E-state index contributed by atoms with van der Waals surface area (Å²) in [5.74, 6) is 1.12. The Balaban J connectivity index is 2.25. The Hall–Kier alpha value is -2.56. The molecule has 0 aliphatic carbocycles. The van der Waals surface area contributed by atoms with E-state index >= 15 is 0 Å². The number of para-hydroxylation sites is 1. The van der Waals surface area contributed by atoms with Gasteiger partial charge in [0, 0.05) is 18.8 Å². The minimum absolute atomic E-state index is 0.108. The van der Waals surface area contributed by atoms with Crippen LogP contribution in [-0.2, 0) is 7.05 Å². The number of allylic oxidation sites excluding steroid dienone is 1. The fourth-order valence-corrected chi connectivity index (χ4v) is 1.85. The number of carbonyl (C=O) groups excluding carboxylic acids is 1. The number of ketones is 1. The van der Waals surface area contributed by atoms with Gasteiger partial charge in [-0.1, -0.05) is 12.1 Å². The van der Waals surface area contributed by atoms with E-state index < -0.39 is 0 Å². The number of hydrogen-bond acceptors (Lipinski definition) is 4. The quantitative estimate of drug-likeness (QED) is 0.619. The lowest BCUT2D eigenvalue weighted by atomic mass is 10.1. The smallest absolute Gasteiger partial charge is 0.189 e. The molecule has 0 atom stereocenters. The molecule has 1 aromatic carbocycles. The number of nitrogens with zero attached hydrogens (tertiary/aromatic N) is 2. The first-order valence-electron chi connectivity index (χ1n) is 6.07. The van der Waals surface area contributed by atoms with E-state index in [1.807, 2.05) is 12.1 Å². The summed E-state index contributed by atoms with van der Waals surface area (Å²) in [5.41, 5.74) is 1.33. The number of aryl methyl sites for hydroxylation is 1. The van der Waals surface area contributed by atoms with Gasteiger partial charge in [0.05, 0.1) is 26.0 Å². The number of methoxy groups -OCH3 is 2. The first-order chi connectivity index (χ1) is 9.65. The zero-order chi connectivity index (χ0) is 14.5. The van der Waals surface area contributed by atoms with E-state index in [4.69, 9.17) is 9.47 Å². The Labute approximate surface area is 117 Å².